The summed E-state index contributed by atoms with van der Waals surface area (Å²) in [5, 5.41) is 11.7. The number of urea groups is 1. The molecule has 1 fully saturated rings. The van der Waals surface area contributed by atoms with E-state index in [-0.39, 0.29) is 18.4 Å². The van der Waals surface area contributed by atoms with Crippen LogP contribution in [-0.2, 0) is 4.79 Å². The van der Waals surface area contributed by atoms with Crippen LogP contribution in [-0.4, -0.2) is 66.7 Å². The van der Waals surface area contributed by atoms with E-state index in [9.17, 15) is 9.59 Å². The number of aliphatic carboxylic acids is 1. The molecule has 20 heavy (non-hydrogen) atoms. The maximum Gasteiger partial charge on any atom is 0.317 e. The normalized spacial score (nSPS) is 23.9. The Morgan fingerprint density at radius 1 is 1.40 bits per heavy atom. The molecule has 1 aliphatic rings. The lowest BCUT2D eigenvalue weighted by Gasteiger charge is -2.23. The van der Waals surface area contributed by atoms with Crippen molar-refractivity contribution in [1.82, 2.24) is 15.1 Å². The number of nitrogens with one attached hydrogen (secondary N) is 1. The second-order valence-electron chi connectivity index (χ2n) is 5.97. The zero-order chi connectivity index (χ0) is 15.3. The fourth-order valence-electron chi connectivity index (χ4n) is 2.74. The predicted molar refractivity (Wildman–Crippen MR) is 77.6 cm³/mol. The molecular formula is C14H27N3O3. The molecule has 0 saturated carbocycles. The third-order valence-corrected chi connectivity index (χ3v) is 4.11. The highest BCUT2D eigenvalue weighted by molar-refractivity contribution is 5.74. The van der Waals surface area contributed by atoms with Crippen LogP contribution in [0.4, 0.5) is 4.79 Å². The van der Waals surface area contributed by atoms with Gasteiger partial charge in [-0.2, -0.15) is 0 Å². The van der Waals surface area contributed by atoms with Crippen LogP contribution in [0, 0.1) is 11.8 Å². The fraction of sp³-hybridized carbons (Fsp3) is 0.857. The van der Waals surface area contributed by atoms with Crippen LogP contribution >= 0.6 is 0 Å². The first-order valence-electron chi connectivity index (χ1n) is 7.26. The maximum atomic E-state index is 12.1. The van der Waals surface area contributed by atoms with Crippen LogP contribution in [0.1, 0.15) is 26.7 Å². The molecule has 0 aliphatic carbocycles. The van der Waals surface area contributed by atoms with Gasteiger partial charge in [0.15, 0.2) is 0 Å². The molecule has 0 aromatic rings. The van der Waals surface area contributed by atoms with Crippen molar-refractivity contribution >= 4 is 12.0 Å². The van der Waals surface area contributed by atoms with E-state index in [2.05, 4.69) is 17.1 Å². The van der Waals surface area contributed by atoms with E-state index in [0.29, 0.717) is 18.5 Å². The summed E-state index contributed by atoms with van der Waals surface area (Å²) in [6.07, 6.45) is 0.858. The number of carbonyl (C=O) groups excluding carboxylic acids is 1. The van der Waals surface area contributed by atoms with Gasteiger partial charge >= 0.3 is 12.0 Å². The summed E-state index contributed by atoms with van der Waals surface area (Å²) in [4.78, 5) is 26.8. The summed E-state index contributed by atoms with van der Waals surface area (Å²) >= 11 is 0. The lowest BCUT2D eigenvalue weighted by atomic mass is 10.0. The molecule has 2 N–H and O–H groups in total. The predicted octanol–water partition coefficient (Wildman–Crippen LogP) is 1.08. The molecule has 0 bridgehead atoms. The Labute approximate surface area is 121 Å². The lowest BCUT2D eigenvalue weighted by Crippen LogP contribution is -2.42. The van der Waals surface area contributed by atoms with E-state index < -0.39 is 5.97 Å². The molecule has 3 atom stereocenters. The Bertz CT molecular complexity index is 347. The zero-order valence-corrected chi connectivity index (χ0v) is 12.9. The maximum absolute atomic E-state index is 12.1. The van der Waals surface area contributed by atoms with Gasteiger partial charge in [-0.25, -0.2) is 4.79 Å². The summed E-state index contributed by atoms with van der Waals surface area (Å²) < 4.78 is 0. The first-order valence-corrected chi connectivity index (χ1v) is 7.26. The number of hydrogen-bond donors (Lipinski definition) is 2. The topological polar surface area (TPSA) is 72.9 Å². The minimum atomic E-state index is -0.812. The van der Waals surface area contributed by atoms with Crippen molar-refractivity contribution in [2.24, 2.45) is 11.8 Å². The van der Waals surface area contributed by atoms with Gasteiger partial charge in [0.25, 0.3) is 0 Å². The Hall–Kier alpha value is -1.30. The average Bonchev–Trinajstić information content (AvgIpc) is 2.76. The van der Waals surface area contributed by atoms with Gasteiger partial charge < -0.3 is 20.2 Å². The van der Waals surface area contributed by atoms with Crippen molar-refractivity contribution in [2.45, 2.75) is 32.7 Å². The van der Waals surface area contributed by atoms with E-state index in [0.717, 1.165) is 19.5 Å². The lowest BCUT2D eigenvalue weighted by molar-refractivity contribution is -0.138. The highest BCUT2D eigenvalue weighted by atomic mass is 16.4. The molecule has 0 aromatic carbocycles. The number of amides is 2. The van der Waals surface area contributed by atoms with Crippen LogP contribution in [0.3, 0.4) is 0 Å². The third-order valence-electron chi connectivity index (χ3n) is 4.11. The molecule has 6 heteroatoms. The number of likely N-dealkylation sites (N-methyl/N-ethyl adjacent to an activating group) is 1. The standard InChI is InChI=1S/C14H27N3O3/c1-5-11(6-13(18)19)7-15-14(20)17-8-10(2)12(9-17)16(3)4/h10-12H,5-9H2,1-4H3,(H,15,20)(H,18,19). The first-order chi connectivity index (χ1) is 9.35. The van der Waals surface area contributed by atoms with Crippen molar-refractivity contribution in [3.63, 3.8) is 0 Å². The number of carbonyl (C=O) groups is 2. The molecule has 6 nitrogen and oxygen atoms in total. The third kappa shape index (κ3) is 4.67. The minimum Gasteiger partial charge on any atom is -0.481 e. The molecule has 3 unspecified atom stereocenters. The SMILES string of the molecule is CCC(CNC(=O)N1CC(C)C(N(C)C)C1)CC(=O)O. The Morgan fingerprint density at radius 2 is 2.05 bits per heavy atom. The van der Waals surface area contributed by atoms with E-state index in [1.807, 2.05) is 25.9 Å². The van der Waals surface area contributed by atoms with Gasteiger partial charge in [0.1, 0.15) is 0 Å². The molecule has 0 aromatic heterocycles. The monoisotopic (exact) mass is 285 g/mol. The number of carboxylic acid groups (broad SMARTS) is 1. The summed E-state index contributed by atoms with van der Waals surface area (Å²) in [7, 11) is 4.06. The Morgan fingerprint density at radius 3 is 2.50 bits per heavy atom. The van der Waals surface area contributed by atoms with Gasteiger partial charge in [-0.3, -0.25) is 4.79 Å². The highest BCUT2D eigenvalue weighted by Crippen LogP contribution is 2.20. The number of rotatable bonds is 6. The summed E-state index contributed by atoms with van der Waals surface area (Å²) in [6, 6.07) is 0.312. The van der Waals surface area contributed by atoms with Gasteiger partial charge in [-0.15, -0.1) is 0 Å². The zero-order valence-electron chi connectivity index (χ0n) is 12.9. The largest absolute Gasteiger partial charge is 0.481 e. The molecule has 0 spiro atoms. The van der Waals surface area contributed by atoms with Crippen LogP contribution < -0.4 is 5.32 Å². The van der Waals surface area contributed by atoms with Gasteiger partial charge in [-0.1, -0.05) is 20.3 Å². The second-order valence-corrected chi connectivity index (χ2v) is 5.97. The number of nitrogens with zero attached hydrogens (tertiary/aromatic N) is 2. The molecule has 2 amide bonds. The molecule has 1 saturated heterocycles. The van der Waals surface area contributed by atoms with Crippen molar-refractivity contribution in [3.05, 3.63) is 0 Å². The summed E-state index contributed by atoms with van der Waals surface area (Å²) in [6.45, 7) is 6.01. The quantitative estimate of drug-likeness (QED) is 0.766. The molecule has 1 aliphatic heterocycles. The molecule has 0 radical (unpaired) electrons. The van der Waals surface area contributed by atoms with E-state index in [1.54, 1.807) is 0 Å². The number of hydrogen-bond acceptors (Lipinski definition) is 3. The van der Waals surface area contributed by atoms with Crippen molar-refractivity contribution < 1.29 is 14.7 Å². The Kier molecular flexibility index (Phi) is 6.26. The van der Waals surface area contributed by atoms with Crippen LogP contribution in [0.2, 0.25) is 0 Å². The second kappa shape index (κ2) is 7.47. The molecular weight excluding hydrogens is 258 g/mol. The summed E-state index contributed by atoms with van der Waals surface area (Å²) in [5.74, 6) is -0.355. The van der Waals surface area contributed by atoms with Crippen molar-refractivity contribution in [2.75, 3.05) is 33.7 Å². The minimum absolute atomic E-state index is 0.00104. The van der Waals surface area contributed by atoms with Crippen molar-refractivity contribution in [1.29, 1.82) is 0 Å². The van der Waals surface area contributed by atoms with Gasteiger partial charge in [0.05, 0.1) is 0 Å². The smallest absolute Gasteiger partial charge is 0.317 e. The number of carboxylic acids is 1. The average molecular weight is 285 g/mol. The van der Waals surface area contributed by atoms with Gasteiger partial charge in [0, 0.05) is 32.1 Å². The first kappa shape index (κ1) is 16.8. The van der Waals surface area contributed by atoms with Crippen molar-refractivity contribution in [3.8, 4) is 0 Å². The van der Waals surface area contributed by atoms with E-state index >= 15 is 0 Å². The summed E-state index contributed by atoms with van der Waals surface area (Å²) in [5.41, 5.74) is 0. The van der Waals surface area contributed by atoms with E-state index in [4.69, 9.17) is 5.11 Å². The highest BCUT2D eigenvalue weighted by Gasteiger charge is 2.33. The van der Waals surface area contributed by atoms with Crippen LogP contribution in [0.5, 0.6) is 0 Å². The van der Waals surface area contributed by atoms with E-state index in [1.165, 1.54) is 0 Å². The van der Waals surface area contributed by atoms with Gasteiger partial charge in [-0.05, 0) is 25.9 Å². The Balaban J connectivity index is 2.42. The molecule has 1 heterocycles. The molecule has 1 rings (SSSR count). The van der Waals surface area contributed by atoms with Crippen LogP contribution in [0.15, 0.2) is 0 Å². The van der Waals surface area contributed by atoms with Gasteiger partial charge in [0.2, 0.25) is 0 Å². The van der Waals surface area contributed by atoms with Crippen LogP contribution in [0.25, 0.3) is 0 Å². The number of likely N-dealkylation sites (tertiary alicyclic amines) is 1. The fourth-order valence-corrected chi connectivity index (χ4v) is 2.74. The molecule has 116 valence electrons.